The number of rotatable bonds is 16. The van der Waals surface area contributed by atoms with Crippen LogP contribution in [0.3, 0.4) is 0 Å². The molecule has 6 nitrogen and oxygen atoms in total. The Kier molecular flexibility index (Phi) is 20.2. The van der Waals surface area contributed by atoms with Crippen molar-refractivity contribution in [2.75, 3.05) is 13.2 Å². The zero-order chi connectivity index (χ0) is 23.6. The highest BCUT2D eigenvalue weighted by Crippen LogP contribution is 2.14. The van der Waals surface area contributed by atoms with Crippen molar-refractivity contribution in [3.8, 4) is 0 Å². The number of carbonyl (C=O) groups excluding carboxylic acids is 1. The average molecular weight is 455 g/mol. The largest absolute Gasteiger partial charge is 0.463 e. The normalized spacial score (nSPS) is 14.4. The van der Waals surface area contributed by atoms with Gasteiger partial charge in [-0.1, -0.05) is 46.6 Å². The van der Waals surface area contributed by atoms with E-state index in [0.717, 1.165) is 38.5 Å². The van der Waals surface area contributed by atoms with Crippen molar-refractivity contribution in [1.82, 2.24) is 0 Å². The molecule has 6 heteroatoms. The van der Waals surface area contributed by atoms with Gasteiger partial charge < -0.3 is 25.5 Å². The van der Waals surface area contributed by atoms with Gasteiger partial charge in [-0.05, 0) is 79.6 Å². The van der Waals surface area contributed by atoms with Crippen LogP contribution in [0.4, 0.5) is 0 Å². The summed E-state index contributed by atoms with van der Waals surface area (Å²) in [5, 5.41) is 27.4. The van der Waals surface area contributed by atoms with Gasteiger partial charge in [0.2, 0.25) is 0 Å². The fraction of sp³-hybridized carbons (Fsp3) is 0.654. The van der Waals surface area contributed by atoms with Crippen molar-refractivity contribution >= 4 is 5.97 Å². The first-order chi connectivity index (χ1) is 14.6. The van der Waals surface area contributed by atoms with E-state index in [-0.39, 0.29) is 18.5 Å². The molecule has 0 aromatic heterocycles. The predicted molar refractivity (Wildman–Crippen MR) is 131 cm³/mol. The minimum absolute atomic E-state index is 0. The highest BCUT2D eigenvalue weighted by Gasteiger charge is 2.16. The molecule has 2 atom stereocenters. The first kappa shape index (κ1) is 32.4. The number of allylic oxidation sites excluding steroid dienone is 8. The van der Waals surface area contributed by atoms with Crippen LogP contribution in [-0.2, 0) is 9.53 Å². The zero-order valence-electron chi connectivity index (χ0n) is 20.7. The molecule has 0 aromatic carbocycles. The number of carbonyl (C=O) groups is 1. The molecule has 0 aliphatic carbocycles. The molecule has 0 rings (SSSR count). The second-order valence-corrected chi connectivity index (χ2v) is 8.59. The van der Waals surface area contributed by atoms with Gasteiger partial charge in [0.25, 0.3) is 0 Å². The Morgan fingerprint density at radius 1 is 0.719 bits per heavy atom. The summed E-state index contributed by atoms with van der Waals surface area (Å²) in [5.41, 5.74) is 5.49. The topological polar surface area (TPSA) is 118 Å². The van der Waals surface area contributed by atoms with E-state index < -0.39 is 24.8 Å². The maximum absolute atomic E-state index is 11.7. The molecule has 0 saturated heterocycles. The monoisotopic (exact) mass is 454 g/mol. The Bertz CT molecular complexity index is 626. The molecule has 0 unspecified atom stereocenters. The van der Waals surface area contributed by atoms with E-state index in [4.69, 9.17) is 9.84 Å². The summed E-state index contributed by atoms with van der Waals surface area (Å²) in [6, 6.07) is 0. The van der Waals surface area contributed by atoms with Crippen molar-refractivity contribution in [1.29, 1.82) is 0 Å². The Morgan fingerprint density at radius 3 is 1.53 bits per heavy atom. The SMILES string of the molecule is CC(C)=CCCC(C)=CCCC(C)=CCCC(C)=CCCC(=O)OC[C@H](O)[C@H](O)CO.O. The molecule has 0 aliphatic rings. The molecule has 0 fully saturated rings. The van der Waals surface area contributed by atoms with E-state index in [1.54, 1.807) is 0 Å². The van der Waals surface area contributed by atoms with Crippen molar-refractivity contribution in [3.63, 3.8) is 0 Å². The number of esters is 1. The molecule has 0 radical (unpaired) electrons. The molecule has 0 bridgehead atoms. The second kappa shape index (κ2) is 19.9. The number of ether oxygens (including phenoxy) is 1. The minimum atomic E-state index is -1.29. The van der Waals surface area contributed by atoms with Gasteiger partial charge in [-0.2, -0.15) is 0 Å². The standard InChI is InChI=1S/C26H44O5.H2O/c1-20(2)10-6-11-21(3)12-7-13-22(4)14-8-15-23(5)16-9-17-26(30)31-19-25(29)24(28)18-27;/h10,12,14,16,24-25,27-29H,6-9,11,13,15,17-19H2,1-5H3;1H2/t24-,25+;/m1./s1. The van der Waals surface area contributed by atoms with E-state index in [9.17, 15) is 15.0 Å². The molecule has 0 amide bonds. The lowest BCUT2D eigenvalue weighted by molar-refractivity contribution is -0.149. The number of hydrogen-bond acceptors (Lipinski definition) is 5. The molecule has 0 aliphatic heterocycles. The maximum atomic E-state index is 11.7. The Labute approximate surface area is 194 Å². The van der Waals surface area contributed by atoms with E-state index >= 15 is 0 Å². The van der Waals surface area contributed by atoms with Crippen LogP contribution in [0.25, 0.3) is 0 Å². The molecule has 0 aromatic rings. The van der Waals surface area contributed by atoms with Gasteiger partial charge in [-0.3, -0.25) is 4.79 Å². The molecule has 0 heterocycles. The fourth-order valence-corrected chi connectivity index (χ4v) is 2.91. The van der Waals surface area contributed by atoms with Gasteiger partial charge in [0.05, 0.1) is 6.61 Å². The summed E-state index contributed by atoms with van der Waals surface area (Å²) in [7, 11) is 0. The second-order valence-electron chi connectivity index (χ2n) is 8.59. The molecule has 32 heavy (non-hydrogen) atoms. The molecule has 5 N–H and O–H groups in total. The lowest BCUT2D eigenvalue weighted by atomic mass is 10.0. The lowest BCUT2D eigenvalue weighted by Gasteiger charge is -2.15. The number of aliphatic hydroxyl groups excluding tert-OH is 3. The van der Waals surface area contributed by atoms with Crippen LogP contribution in [0.5, 0.6) is 0 Å². The van der Waals surface area contributed by atoms with Crippen molar-refractivity contribution in [2.24, 2.45) is 0 Å². The van der Waals surface area contributed by atoms with Crippen molar-refractivity contribution in [2.45, 2.75) is 98.2 Å². The zero-order valence-corrected chi connectivity index (χ0v) is 20.7. The van der Waals surface area contributed by atoms with Gasteiger partial charge in [0.1, 0.15) is 18.8 Å². The van der Waals surface area contributed by atoms with E-state index in [0.29, 0.717) is 6.42 Å². The van der Waals surface area contributed by atoms with Crippen molar-refractivity contribution in [3.05, 3.63) is 46.6 Å². The molecular weight excluding hydrogens is 408 g/mol. The van der Waals surface area contributed by atoms with Gasteiger partial charge in [0, 0.05) is 6.42 Å². The summed E-state index contributed by atoms with van der Waals surface area (Å²) >= 11 is 0. The van der Waals surface area contributed by atoms with Crippen LogP contribution in [0.1, 0.15) is 86.0 Å². The summed E-state index contributed by atoms with van der Waals surface area (Å²) in [4.78, 5) is 11.7. The number of hydrogen-bond donors (Lipinski definition) is 3. The minimum Gasteiger partial charge on any atom is -0.463 e. The first-order valence-corrected chi connectivity index (χ1v) is 11.4. The number of aliphatic hydroxyl groups is 3. The predicted octanol–water partition coefficient (Wildman–Crippen LogP) is 4.34. The van der Waals surface area contributed by atoms with Crippen LogP contribution in [-0.4, -0.2) is 52.2 Å². The fourth-order valence-electron chi connectivity index (χ4n) is 2.91. The van der Waals surface area contributed by atoms with Gasteiger partial charge in [0.15, 0.2) is 0 Å². The Morgan fingerprint density at radius 2 is 1.12 bits per heavy atom. The first-order valence-electron chi connectivity index (χ1n) is 11.4. The Hall–Kier alpha value is -1.73. The van der Waals surface area contributed by atoms with Gasteiger partial charge in [-0.25, -0.2) is 0 Å². The van der Waals surface area contributed by atoms with E-state index in [2.05, 4.69) is 52.8 Å². The summed E-state index contributed by atoms with van der Waals surface area (Å²) in [6.07, 6.45) is 13.6. The molecule has 0 saturated carbocycles. The third-order valence-electron chi connectivity index (χ3n) is 5.04. The van der Waals surface area contributed by atoms with E-state index in [1.807, 2.05) is 6.08 Å². The third kappa shape index (κ3) is 19.0. The van der Waals surface area contributed by atoms with Crippen LogP contribution in [0.2, 0.25) is 0 Å². The van der Waals surface area contributed by atoms with Gasteiger partial charge in [-0.15, -0.1) is 0 Å². The molecule has 186 valence electrons. The highest BCUT2D eigenvalue weighted by molar-refractivity contribution is 5.69. The average Bonchev–Trinajstić information content (AvgIpc) is 2.71. The van der Waals surface area contributed by atoms with Gasteiger partial charge >= 0.3 is 5.97 Å². The lowest BCUT2D eigenvalue weighted by Crippen LogP contribution is -2.34. The third-order valence-corrected chi connectivity index (χ3v) is 5.04. The quantitative estimate of drug-likeness (QED) is 0.237. The van der Waals surface area contributed by atoms with E-state index in [1.165, 1.54) is 22.3 Å². The van der Waals surface area contributed by atoms with Crippen LogP contribution < -0.4 is 0 Å². The van der Waals surface area contributed by atoms with Crippen LogP contribution >= 0.6 is 0 Å². The molecule has 0 spiro atoms. The molecular formula is C26H46O6. The van der Waals surface area contributed by atoms with Crippen molar-refractivity contribution < 1.29 is 30.3 Å². The smallest absolute Gasteiger partial charge is 0.306 e. The summed E-state index contributed by atoms with van der Waals surface area (Å²) in [6.45, 7) is 9.86. The van der Waals surface area contributed by atoms with Crippen LogP contribution in [0.15, 0.2) is 46.6 Å². The Balaban J connectivity index is 0. The van der Waals surface area contributed by atoms with Crippen LogP contribution in [0, 0.1) is 0 Å². The highest BCUT2D eigenvalue weighted by atomic mass is 16.5. The summed E-state index contributed by atoms with van der Waals surface area (Å²) in [5.74, 6) is -0.423. The summed E-state index contributed by atoms with van der Waals surface area (Å²) < 4.78 is 4.90. The maximum Gasteiger partial charge on any atom is 0.306 e.